The Morgan fingerprint density at radius 3 is 0.919 bits per heavy atom. The normalized spacial score (nSPS) is 11.2. The summed E-state index contributed by atoms with van der Waals surface area (Å²) in [7, 11) is -2.63. The van der Waals surface area contributed by atoms with Crippen molar-refractivity contribution in [3.63, 3.8) is 0 Å². The van der Waals surface area contributed by atoms with Gasteiger partial charge in [0.1, 0.15) is 0 Å². The fourth-order valence-electron chi connectivity index (χ4n) is 5.50. The first-order chi connectivity index (χ1) is 18.4. The minimum atomic E-state index is -2.63. The van der Waals surface area contributed by atoms with Gasteiger partial charge in [-0.25, -0.2) is 0 Å². The van der Waals surface area contributed by atoms with E-state index in [2.05, 4.69) is 170 Å². The highest BCUT2D eigenvalue weighted by atomic mass is 28.3. The summed E-state index contributed by atoms with van der Waals surface area (Å²) in [5.41, 5.74) is 4.99. The molecule has 0 aliphatic carbocycles. The van der Waals surface area contributed by atoms with Gasteiger partial charge in [-0.15, -0.1) is 0 Å². The van der Waals surface area contributed by atoms with Crippen LogP contribution in [0.4, 0.5) is 0 Å². The zero-order valence-corrected chi connectivity index (χ0v) is 21.7. The first-order valence-corrected chi connectivity index (χ1v) is 14.8. The topological polar surface area (TPSA) is 0 Å². The fourth-order valence-corrected chi connectivity index (χ4v) is 10.3. The fraction of sp³-hybridized carbons (Fsp3) is 0. The van der Waals surface area contributed by atoms with Gasteiger partial charge >= 0.3 is 0 Å². The minimum Gasteiger partial charge on any atom is -0.0623 e. The van der Waals surface area contributed by atoms with Crippen LogP contribution in [0.1, 0.15) is 0 Å². The van der Waals surface area contributed by atoms with Crippen molar-refractivity contribution in [1.29, 1.82) is 0 Å². The Morgan fingerprint density at radius 1 is 0.243 bits per heavy atom. The van der Waals surface area contributed by atoms with Gasteiger partial charge in [-0.3, -0.25) is 0 Å². The zero-order valence-electron chi connectivity index (χ0n) is 20.7. The van der Waals surface area contributed by atoms with E-state index in [9.17, 15) is 0 Å². The van der Waals surface area contributed by atoms with E-state index in [4.69, 9.17) is 0 Å². The van der Waals surface area contributed by atoms with Gasteiger partial charge in [0.05, 0.1) is 0 Å². The van der Waals surface area contributed by atoms with Gasteiger partial charge in [0.2, 0.25) is 0 Å². The molecule has 1 heteroatoms. The van der Waals surface area contributed by atoms with Crippen molar-refractivity contribution in [3.05, 3.63) is 170 Å². The molecule has 0 unspecified atom stereocenters. The van der Waals surface area contributed by atoms with Crippen LogP contribution in [0.5, 0.6) is 0 Å². The van der Waals surface area contributed by atoms with E-state index >= 15 is 0 Å². The maximum atomic E-state index is 2.43. The molecule has 0 aliphatic heterocycles. The third kappa shape index (κ3) is 4.35. The molecule has 0 N–H and O–H groups in total. The van der Waals surface area contributed by atoms with Crippen LogP contribution < -0.4 is 20.7 Å². The molecule has 176 valence electrons. The Kier molecular flexibility index (Phi) is 6.37. The summed E-state index contributed by atoms with van der Waals surface area (Å²) in [5, 5.41) is 5.54. The first-order valence-electron chi connectivity index (χ1n) is 12.8. The molecule has 6 rings (SSSR count). The summed E-state index contributed by atoms with van der Waals surface area (Å²) in [6.07, 6.45) is 0. The van der Waals surface area contributed by atoms with E-state index in [-0.39, 0.29) is 0 Å². The summed E-state index contributed by atoms with van der Waals surface area (Å²) in [5.74, 6) is 0. The van der Waals surface area contributed by atoms with Crippen molar-refractivity contribution < 1.29 is 0 Å². The van der Waals surface area contributed by atoms with Gasteiger partial charge in [-0.1, -0.05) is 170 Å². The molecule has 6 aromatic carbocycles. The van der Waals surface area contributed by atoms with Crippen molar-refractivity contribution in [1.82, 2.24) is 0 Å². The molecule has 0 heterocycles. The molecule has 0 amide bonds. The quantitative estimate of drug-likeness (QED) is 0.188. The second-order valence-corrected chi connectivity index (χ2v) is 13.2. The Hall–Kier alpha value is -4.46. The molecule has 0 saturated heterocycles. The number of benzene rings is 6. The Morgan fingerprint density at radius 2 is 0.541 bits per heavy atom. The lowest BCUT2D eigenvalue weighted by Gasteiger charge is -2.35. The van der Waals surface area contributed by atoms with E-state index < -0.39 is 8.07 Å². The molecule has 0 atom stereocenters. The zero-order chi connectivity index (χ0) is 24.9. The number of hydrogen-bond acceptors (Lipinski definition) is 0. The molecule has 0 bridgehead atoms. The van der Waals surface area contributed by atoms with Crippen LogP contribution in [0.15, 0.2) is 170 Å². The van der Waals surface area contributed by atoms with E-state index in [0.29, 0.717) is 0 Å². The van der Waals surface area contributed by atoms with Crippen LogP contribution in [-0.2, 0) is 0 Å². The Balaban J connectivity index is 1.68. The summed E-state index contributed by atoms with van der Waals surface area (Å²) in [6.45, 7) is 0. The molecular formula is C36H28Si. The summed E-state index contributed by atoms with van der Waals surface area (Å²) in [4.78, 5) is 0. The predicted octanol–water partition coefficient (Wildman–Crippen LogP) is 6.40. The molecule has 0 radical (unpaired) electrons. The van der Waals surface area contributed by atoms with E-state index in [0.717, 1.165) is 0 Å². The summed E-state index contributed by atoms with van der Waals surface area (Å²) >= 11 is 0. The molecule has 0 nitrogen and oxygen atoms in total. The maximum Gasteiger partial charge on any atom is 0.179 e. The highest BCUT2D eigenvalue weighted by Crippen LogP contribution is 2.22. The maximum absolute atomic E-state index is 2.63. The van der Waals surface area contributed by atoms with Crippen molar-refractivity contribution in [2.24, 2.45) is 0 Å². The molecule has 0 saturated carbocycles. The van der Waals surface area contributed by atoms with Crippen molar-refractivity contribution in [2.75, 3.05) is 0 Å². The first kappa shape index (κ1) is 23.0. The smallest absolute Gasteiger partial charge is 0.0623 e. The third-order valence-electron chi connectivity index (χ3n) is 7.22. The highest BCUT2D eigenvalue weighted by Gasteiger charge is 2.41. The van der Waals surface area contributed by atoms with Crippen molar-refractivity contribution >= 4 is 28.8 Å². The van der Waals surface area contributed by atoms with E-state index in [1.54, 1.807) is 0 Å². The second kappa shape index (κ2) is 10.3. The van der Waals surface area contributed by atoms with Gasteiger partial charge in [0.15, 0.2) is 8.07 Å². The molecular weight excluding hydrogens is 460 g/mol. The highest BCUT2D eigenvalue weighted by molar-refractivity contribution is 7.20. The Bertz CT molecular complexity index is 1470. The third-order valence-corrected chi connectivity index (χ3v) is 12.0. The Labute approximate surface area is 220 Å². The van der Waals surface area contributed by atoms with Crippen LogP contribution in [0, 0.1) is 0 Å². The van der Waals surface area contributed by atoms with Crippen LogP contribution in [-0.4, -0.2) is 8.07 Å². The van der Waals surface area contributed by atoms with Crippen molar-refractivity contribution in [3.8, 4) is 22.3 Å². The lowest BCUT2D eigenvalue weighted by molar-refractivity contribution is 1.61. The van der Waals surface area contributed by atoms with Crippen LogP contribution >= 0.6 is 0 Å². The lowest BCUT2D eigenvalue weighted by Crippen LogP contribution is -2.74. The molecule has 0 aromatic heterocycles. The van der Waals surface area contributed by atoms with E-state index in [1.165, 1.54) is 43.0 Å². The van der Waals surface area contributed by atoms with Crippen LogP contribution in [0.3, 0.4) is 0 Å². The van der Waals surface area contributed by atoms with Gasteiger partial charge in [-0.2, -0.15) is 0 Å². The predicted molar refractivity (Wildman–Crippen MR) is 161 cm³/mol. The second-order valence-electron chi connectivity index (χ2n) is 9.38. The summed E-state index contributed by atoms with van der Waals surface area (Å²) in [6, 6.07) is 62.1. The van der Waals surface area contributed by atoms with Gasteiger partial charge in [-0.05, 0) is 43.0 Å². The largest absolute Gasteiger partial charge is 0.179 e. The number of rotatable bonds is 6. The molecule has 0 spiro atoms. The average Bonchev–Trinajstić information content (AvgIpc) is 3.00. The standard InChI is InChI=1S/C36H28Si/c1-5-15-29(16-6-1)31-19-13-25-35(27-31)37(33-21-9-3-10-22-33,34-23-11-4-12-24-34)36-26-14-20-32(28-36)30-17-7-2-8-18-30/h1-28H. The monoisotopic (exact) mass is 488 g/mol. The summed E-state index contributed by atoms with van der Waals surface area (Å²) < 4.78 is 0. The molecule has 6 aromatic rings. The van der Waals surface area contributed by atoms with Crippen LogP contribution in [0.25, 0.3) is 22.3 Å². The lowest BCUT2D eigenvalue weighted by atomic mass is 10.1. The minimum absolute atomic E-state index is 1.24. The van der Waals surface area contributed by atoms with Gasteiger partial charge in [0.25, 0.3) is 0 Å². The van der Waals surface area contributed by atoms with Crippen molar-refractivity contribution in [2.45, 2.75) is 0 Å². The van der Waals surface area contributed by atoms with E-state index in [1.807, 2.05) is 0 Å². The molecule has 0 fully saturated rings. The van der Waals surface area contributed by atoms with Gasteiger partial charge < -0.3 is 0 Å². The number of hydrogen-bond donors (Lipinski definition) is 0. The molecule has 37 heavy (non-hydrogen) atoms. The van der Waals surface area contributed by atoms with Gasteiger partial charge in [0, 0.05) is 0 Å². The van der Waals surface area contributed by atoms with Crippen LogP contribution in [0.2, 0.25) is 0 Å². The average molecular weight is 489 g/mol. The SMILES string of the molecule is c1ccc(-c2cccc([Si](c3ccccc3)(c3ccccc3)c3cccc(-c4ccccc4)c3)c2)cc1. The molecule has 0 aliphatic rings.